The summed E-state index contributed by atoms with van der Waals surface area (Å²) in [6.45, 7) is 2.67. The fourth-order valence-electron chi connectivity index (χ4n) is 2.87. The summed E-state index contributed by atoms with van der Waals surface area (Å²) in [5.74, 6) is 1.85. The number of carbonyl (C=O) groups is 1. The summed E-state index contributed by atoms with van der Waals surface area (Å²) in [6.07, 6.45) is 3.34. The molecule has 2 atom stereocenters. The van der Waals surface area contributed by atoms with Gasteiger partial charge in [-0.05, 0) is 43.7 Å². The highest BCUT2D eigenvalue weighted by atomic mass is 16.5. The molecule has 0 bridgehead atoms. The van der Waals surface area contributed by atoms with E-state index in [4.69, 9.17) is 4.74 Å². The highest BCUT2D eigenvalue weighted by molar-refractivity contribution is 5.80. The SMILES string of the molecule is CC(C1CC1)N(C)C(=O)C1COc2ccccc2C1. The van der Waals surface area contributed by atoms with E-state index in [0.29, 0.717) is 18.6 Å². The van der Waals surface area contributed by atoms with E-state index in [9.17, 15) is 4.79 Å². The smallest absolute Gasteiger partial charge is 0.229 e. The minimum atomic E-state index is -0.0268. The monoisotopic (exact) mass is 259 g/mol. The van der Waals surface area contributed by atoms with Crippen molar-refractivity contribution in [3.8, 4) is 5.75 Å². The van der Waals surface area contributed by atoms with Gasteiger partial charge in [0.1, 0.15) is 12.4 Å². The van der Waals surface area contributed by atoms with Crippen molar-refractivity contribution in [2.75, 3.05) is 13.7 Å². The van der Waals surface area contributed by atoms with E-state index in [-0.39, 0.29) is 11.8 Å². The van der Waals surface area contributed by atoms with Crippen LogP contribution in [0, 0.1) is 11.8 Å². The summed E-state index contributed by atoms with van der Waals surface area (Å²) in [7, 11) is 1.94. The standard InChI is InChI=1S/C16H21NO2/c1-11(12-7-8-12)17(2)16(18)14-9-13-5-3-4-6-15(13)19-10-14/h3-6,11-12,14H,7-10H2,1-2H3. The Labute approximate surface area is 114 Å². The summed E-state index contributed by atoms with van der Waals surface area (Å²) in [6, 6.07) is 8.38. The number of benzene rings is 1. The average Bonchev–Trinajstić information content (AvgIpc) is 3.29. The first-order chi connectivity index (χ1) is 9.16. The van der Waals surface area contributed by atoms with Crippen molar-refractivity contribution < 1.29 is 9.53 Å². The van der Waals surface area contributed by atoms with Gasteiger partial charge in [-0.1, -0.05) is 18.2 Å². The number of para-hydroxylation sites is 1. The number of fused-ring (bicyclic) bond motifs is 1. The van der Waals surface area contributed by atoms with Crippen LogP contribution in [0.4, 0.5) is 0 Å². The van der Waals surface area contributed by atoms with Gasteiger partial charge in [0.25, 0.3) is 0 Å². The molecule has 3 heteroatoms. The third-order valence-electron chi connectivity index (χ3n) is 4.49. The second-order valence-corrected chi connectivity index (χ2v) is 5.85. The van der Waals surface area contributed by atoms with E-state index in [0.717, 1.165) is 17.7 Å². The van der Waals surface area contributed by atoms with Crippen molar-refractivity contribution >= 4 is 5.91 Å². The molecule has 1 fully saturated rings. The molecule has 1 heterocycles. The van der Waals surface area contributed by atoms with E-state index in [1.54, 1.807) is 0 Å². The first-order valence-electron chi connectivity index (χ1n) is 7.14. The van der Waals surface area contributed by atoms with Gasteiger partial charge in [0.15, 0.2) is 0 Å². The van der Waals surface area contributed by atoms with Crippen molar-refractivity contribution in [3.63, 3.8) is 0 Å². The molecule has 0 aromatic heterocycles. The van der Waals surface area contributed by atoms with Gasteiger partial charge in [0, 0.05) is 13.1 Å². The lowest BCUT2D eigenvalue weighted by molar-refractivity contribution is -0.137. The van der Waals surface area contributed by atoms with Gasteiger partial charge in [-0.2, -0.15) is 0 Å². The minimum Gasteiger partial charge on any atom is -0.492 e. The Morgan fingerprint density at radius 1 is 1.37 bits per heavy atom. The predicted octanol–water partition coefficient (Wildman–Crippen LogP) is 2.49. The number of rotatable bonds is 3. The van der Waals surface area contributed by atoms with Gasteiger partial charge in [0.05, 0.1) is 5.92 Å². The number of nitrogens with zero attached hydrogens (tertiary/aromatic N) is 1. The van der Waals surface area contributed by atoms with Crippen LogP contribution in [0.5, 0.6) is 5.75 Å². The molecule has 1 aliphatic heterocycles. The first kappa shape index (κ1) is 12.5. The van der Waals surface area contributed by atoms with Crippen molar-refractivity contribution in [1.29, 1.82) is 0 Å². The maximum Gasteiger partial charge on any atom is 0.229 e. The third-order valence-corrected chi connectivity index (χ3v) is 4.49. The fraction of sp³-hybridized carbons (Fsp3) is 0.562. The summed E-state index contributed by atoms with van der Waals surface area (Å²) in [4.78, 5) is 14.5. The lowest BCUT2D eigenvalue weighted by Gasteiger charge is -2.31. The number of carbonyl (C=O) groups excluding carboxylic acids is 1. The first-order valence-corrected chi connectivity index (χ1v) is 7.14. The third kappa shape index (κ3) is 2.46. The van der Waals surface area contributed by atoms with Gasteiger partial charge in [-0.3, -0.25) is 4.79 Å². The van der Waals surface area contributed by atoms with Gasteiger partial charge >= 0.3 is 0 Å². The molecule has 1 saturated carbocycles. The highest BCUT2D eigenvalue weighted by Gasteiger charge is 2.35. The molecule has 2 unspecified atom stereocenters. The zero-order valence-electron chi connectivity index (χ0n) is 11.6. The van der Waals surface area contributed by atoms with E-state index < -0.39 is 0 Å². The maximum atomic E-state index is 12.5. The second kappa shape index (κ2) is 4.87. The van der Waals surface area contributed by atoms with Crippen molar-refractivity contribution in [1.82, 2.24) is 4.90 Å². The van der Waals surface area contributed by atoms with Crippen LogP contribution in [-0.2, 0) is 11.2 Å². The molecule has 3 nitrogen and oxygen atoms in total. The fourth-order valence-corrected chi connectivity index (χ4v) is 2.87. The van der Waals surface area contributed by atoms with Crippen LogP contribution in [0.1, 0.15) is 25.3 Å². The van der Waals surface area contributed by atoms with Crippen molar-refractivity contribution in [2.45, 2.75) is 32.2 Å². The predicted molar refractivity (Wildman–Crippen MR) is 74.1 cm³/mol. The summed E-state index contributed by atoms with van der Waals surface area (Å²) in [5.41, 5.74) is 1.15. The Hall–Kier alpha value is -1.51. The van der Waals surface area contributed by atoms with Crippen LogP contribution in [0.2, 0.25) is 0 Å². The normalized spacial score (nSPS) is 23.2. The lowest BCUT2D eigenvalue weighted by atomic mass is 9.95. The van der Waals surface area contributed by atoms with Crippen molar-refractivity contribution in [3.05, 3.63) is 29.8 Å². The van der Waals surface area contributed by atoms with E-state index >= 15 is 0 Å². The van der Waals surface area contributed by atoms with E-state index in [1.165, 1.54) is 12.8 Å². The van der Waals surface area contributed by atoms with Gasteiger partial charge in [-0.15, -0.1) is 0 Å². The van der Waals surface area contributed by atoms with Crippen LogP contribution >= 0.6 is 0 Å². The van der Waals surface area contributed by atoms with Crippen LogP contribution in [0.3, 0.4) is 0 Å². The average molecular weight is 259 g/mol. The lowest BCUT2D eigenvalue weighted by Crippen LogP contribution is -2.43. The largest absolute Gasteiger partial charge is 0.492 e. The second-order valence-electron chi connectivity index (χ2n) is 5.85. The number of hydrogen-bond donors (Lipinski definition) is 0. The van der Waals surface area contributed by atoms with Gasteiger partial charge in [0.2, 0.25) is 5.91 Å². The number of ether oxygens (including phenoxy) is 1. The van der Waals surface area contributed by atoms with Crippen LogP contribution < -0.4 is 4.74 Å². The Balaban J connectivity index is 1.68. The molecule has 2 aliphatic rings. The van der Waals surface area contributed by atoms with Crippen LogP contribution in [0.25, 0.3) is 0 Å². The van der Waals surface area contributed by atoms with Crippen LogP contribution in [0.15, 0.2) is 24.3 Å². The molecule has 0 saturated heterocycles. The molecular formula is C16H21NO2. The minimum absolute atomic E-state index is 0.0268. The Morgan fingerprint density at radius 2 is 2.11 bits per heavy atom. The summed E-state index contributed by atoms with van der Waals surface area (Å²) in [5, 5.41) is 0. The zero-order valence-corrected chi connectivity index (χ0v) is 11.6. The topological polar surface area (TPSA) is 29.5 Å². The molecule has 3 rings (SSSR count). The number of amides is 1. The molecule has 1 aromatic carbocycles. The van der Waals surface area contributed by atoms with E-state index in [2.05, 4.69) is 13.0 Å². The molecule has 1 aliphatic carbocycles. The Morgan fingerprint density at radius 3 is 2.84 bits per heavy atom. The molecule has 0 N–H and O–H groups in total. The molecule has 0 spiro atoms. The summed E-state index contributed by atoms with van der Waals surface area (Å²) < 4.78 is 5.72. The molecule has 19 heavy (non-hydrogen) atoms. The maximum absolute atomic E-state index is 12.5. The zero-order chi connectivity index (χ0) is 13.4. The molecule has 1 aromatic rings. The quantitative estimate of drug-likeness (QED) is 0.834. The molecule has 102 valence electrons. The highest BCUT2D eigenvalue weighted by Crippen LogP contribution is 2.35. The Bertz CT molecular complexity index is 481. The van der Waals surface area contributed by atoms with Gasteiger partial charge < -0.3 is 9.64 Å². The van der Waals surface area contributed by atoms with Gasteiger partial charge in [-0.25, -0.2) is 0 Å². The molecular weight excluding hydrogens is 238 g/mol. The molecule has 0 radical (unpaired) electrons. The van der Waals surface area contributed by atoms with Crippen LogP contribution in [-0.4, -0.2) is 30.5 Å². The Kier molecular flexibility index (Phi) is 3.21. The van der Waals surface area contributed by atoms with E-state index in [1.807, 2.05) is 30.1 Å². The molecule has 1 amide bonds. The summed E-state index contributed by atoms with van der Waals surface area (Å²) >= 11 is 0. The van der Waals surface area contributed by atoms with Crippen molar-refractivity contribution in [2.24, 2.45) is 11.8 Å². The number of hydrogen-bond acceptors (Lipinski definition) is 2.